The summed E-state index contributed by atoms with van der Waals surface area (Å²) in [6.07, 6.45) is -1.06. The molecule has 1 rings (SSSR count). The van der Waals surface area contributed by atoms with Crippen LogP contribution in [-0.2, 0) is 9.53 Å². The third kappa shape index (κ3) is 4.91. The highest BCUT2D eigenvalue weighted by atomic mass is 16.5. The van der Waals surface area contributed by atoms with Crippen LogP contribution in [0, 0.1) is 13.8 Å². The summed E-state index contributed by atoms with van der Waals surface area (Å²) in [5.74, 6) is -1.26. The lowest BCUT2D eigenvalue weighted by molar-refractivity contribution is -0.127. The Morgan fingerprint density at radius 3 is 2.52 bits per heavy atom. The monoisotopic (exact) mass is 292 g/mol. The molecule has 0 fully saturated rings. The highest BCUT2D eigenvalue weighted by molar-refractivity contribution is 5.98. The summed E-state index contributed by atoms with van der Waals surface area (Å²) in [7, 11) is 0. The summed E-state index contributed by atoms with van der Waals surface area (Å²) < 4.78 is 5.08. The molecule has 1 atom stereocenters. The van der Waals surface area contributed by atoms with Crippen molar-refractivity contribution in [3.05, 3.63) is 34.9 Å². The number of amides is 3. The van der Waals surface area contributed by atoms with Crippen molar-refractivity contribution in [2.75, 3.05) is 6.54 Å². The predicted octanol–water partition coefficient (Wildman–Crippen LogP) is 1.69. The van der Waals surface area contributed by atoms with Crippen LogP contribution in [0.3, 0.4) is 0 Å². The van der Waals surface area contributed by atoms with Gasteiger partial charge in [-0.25, -0.2) is 9.59 Å². The molecule has 2 N–H and O–H groups in total. The number of carbonyl (C=O) groups excluding carboxylic acids is 3. The molecule has 1 aromatic carbocycles. The summed E-state index contributed by atoms with van der Waals surface area (Å²) >= 11 is 0. The van der Waals surface area contributed by atoms with Gasteiger partial charge in [0.15, 0.2) is 6.10 Å². The van der Waals surface area contributed by atoms with E-state index in [4.69, 9.17) is 4.74 Å². The second kappa shape index (κ2) is 7.42. The molecular weight excluding hydrogens is 272 g/mol. The Balaban J connectivity index is 2.67. The van der Waals surface area contributed by atoms with Gasteiger partial charge in [0.25, 0.3) is 5.91 Å². The molecule has 0 spiro atoms. The molecule has 0 aliphatic carbocycles. The Labute approximate surface area is 123 Å². The number of urea groups is 1. The minimum absolute atomic E-state index is 0.399. The van der Waals surface area contributed by atoms with Crippen LogP contribution < -0.4 is 10.6 Å². The quantitative estimate of drug-likeness (QED) is 0.827. The van der Waals surface area contributed by atoms with Gasteiger partial charge in [-0.05, 0) is 39.3 Å². The van der Waals surface area contributed by atoms with Gasteiger partial charge in [0.2, 0.25) is 0 Å². The van der Waals surface area contributed by atoms with Crippen LogP contribution >= 0.6 is 0 Å². The first kappa shape index (κ1) is 16.7. The van der Waals surface area contributed by atoms with Gasteiger partial charge in [0, 0.05) is 6.54 Å². The van der Waals surface area contributed by atoms with Gasteiger partial charge in [-0.2, -0.15) is 0 Å². The maximum atomic E-state index is 12.0. The van der Waals surface area contributed by atoms with Crippen LogP contribution in [0.4, 0.5) is 4.79 Å². The van der Waals surface area contributed by atoms with Crippen molar-refractivity contribution in [2.45, 2.75) is 33.8 Å². The second-order valence-corrected chi connectivity index (χ2v) is 4.71. The van der Waals surface area contributed by atoms with E-state index in [1.54, 1.807) is 19.9 Å². The molecule has 114 valence electrons. The average molecular weight is 292 g/mol. The Bertz CT molecular complexity index is 555. The van der Waals surface area contributed by atoms with Gasteiger partial charge in [0.05, 0.1) is 5.56 Å². The normalized spacial score (nSPS) is 11.4. The third-order valence-corrected chi connectivity index (χ3v) is 2.84. The molecule has 0 saturated heterocycles. The highest BCUT2D eigenvalue weighted by Gasteiger charge is 2.21. The average Bonchev–Trinajstić information content (AvgIpc) is 2.41. The standard InChI is InChI=1S/C15H20N2O4/c1-5-16-15(20)17-13(18)11(4)21-14(19)12-8-9(2)6-7-10(12)3/h6-8,11H,5H2,1-4H3,(H2,16,17,18,20)/t11-/m1/s1. The van der Waals surface area contributed by atoms with Gasteiger partial charge < -0.3 is 10.1 Å². The lowest BCUT2D eigenvalue weighted by Gasteiger charge is -2.14. The number of imide groups is 1. The topological polar surface area (TPSA) is 84.5 Å². The molecule has 0 aromatic heterocycles. The summed E-state index contributed by atoms with van der Waals surface area (Å²) in [6.45, 7) is 7.19. The fourth-order valence-electron chi connectivity index (χ4n) is 1.65. The van der Waals surface area contributed by atoms with Crippen molar-refractivity contribution in [1.82, 2.24) is 10.6 Å². The maximum Gasteiger partial charge on any atom is 0.339 e. The SMILES string of the molecule is CCNC(=O)NC(=O)[C@@H](C)OC(=O)c1cc(C)ccc1C. The summed E-state index contributed by atoms with van der Waals surface area (Å²) in [4.78, 5) is 35.0. The molecule has 3 amide bonds. The molecule has 6 heteroatoms. The summed E-state index contributed by atoms with van der Waals surface area (Å²) in [6, 6.07) is 4.78. The third-order valence-electron chi connectivity index (χ3n) is 2.84. The van der Waals surface area contributed by atoms with E-state index in [0.717, 1.165) is 11.1 Å². The van der Waals surface area contributed by atoms with E-state index >= 15 is 0 Å². The number of nitrogens with one attached hydrogen (secondary N) is 2. The van der Waals surface area contributed by atoms with Crippen molar-refractivity contribution in [2.24, 2.45) is 0 Å². The molecular formula is C15H20N2O4. The van der Waals surface area contributed by atoms with Gasteiger partial charge in [0.1, 0.15) is 0 Å². The molecule has 0 unspecified atom stereocenters. The zero-order chi connectivity index (χ0) is 16.0. The number of esters is 1. The maximum absolute atomic E-state index is 12.0. The van der Waals surface area contributed by atoms with E-state index < -0.39 is 24.0 Å². The number of benzene rings is 1. The Hall–Kier alpha value is -2.37. The summed E-state index contributed by atoms with van der Waals surface area (Å²) in [5.41, 5.74) is 2.10. The molecule has 0 aliphatic heterocycles. The first-order valence-electron chi connectivity index (χ1n) is 6.72. The van der Waals surface area contributed by atoms with E-state index in [2.05, 4.69) is 10.6 Å². The van der Waals surface area contributed by atoms with Crippen LogP contribution in [-0.4, -0.2) is 30.6 Å². The second-order valence-electron chi connectivity index (χ2n) is 4.71. The van der Waals surface area contributed by atoms with Crippen LogP contribution in [0.2, 0.25) is 0 Å². The van der Waals surface area contributed by atoms with Gasteiger partial charge in [-0.1, -0.05) is 17.7 Å². The largest absolute Gasteiger partial charge is 0.449 e. The molecule has 1 aromatic rings. The molecule has 0 radical (unpaired) electrons. The van der Waals surface area contributed by atoms with Crippen molar-refractivity contribution < 1.29 is 19.1 Å². The zero-order valence-electron chi connectivity index (χ0n) is 12.6. The smallest absolute Gasteiger partial charge is 0.339 e. The minimum Gasteiger partial charge on any atom is -0.449 e. The fraction of sp³-hybridized carbons (Fsp3) is 0.400. The van der Waals surface area contributed by atoms with Gasteiger partial charge in [-0.3, -0.25) is 10.1 Å². The van der Waals surface area contributed by atoms with E-state index in [1.807, 2.05) is 19.1 Å². The minimum atomic E-state index is -1.06. The number of hydrogen-bond donors (Lipinski definition) is 2. The number of hydrogen-bond acceptors (Lipinski definition) is 4. The van der Waals surface area contributed by atoms with Crippen molar-refractivity contribution in [3.63, 3.8) is 0 Å². The molecule has 0 bridgehead atoms. The predicted molar refractivity (Wildman–Crippen MR) is 78.0 cm³/mol. The summed E-state index contributed by atoms with van der Waals surface area (Å²) in [5, 5.41) is 4.52. The lowest BCUT2D eigenvalue weighted by atomic mass is 10.1. The first-order chi connectivity index (χ1) is 9.85. The van der Waals surface area contributed by atoms with Crippen molar-refractivity contribution in [1.29, 1.82) is 0 Å². The molecule has 21 heavy (non-hydrogen) atoms. The zero-order valence-corrected chi connectivity index (χ0v) is 12.6. The lowest BCUT2D eigenvalue weighted by Crippen LogP contribution is -2.44. The number of carbonyl (C=O) groups is 3. The van der Waals surface area contributed by atoms with E-state index in [1.165, 1.54) is 6.92 Å². The van der Waals surface area contributed by atoms with E-state index in [0.29, 0.717) is 12.1 Å². The Morgan fingerprint density at radius 2 is 1.90 bits per heavy atom. The van der Waals surface area contributed by atoms with Gasteiger partial charge >= 0.3 is 12.0 Å². The Morgan fingerprint density at radius 1 is 1.24 bits per heavy atom. The number of aryl methyl sites for hydroxylation is 2. The van der Waals surface area contributed by atoms with Gasteiger partial charge in [-0.15, -0.1) is 0 Å². The molecule has 0 saturated carbocycles. The van der Waals surface area contributed by atoms with Crippen molar-refractivity contribution in [3.8, 4) is 0 Å². The van der Waals surface area contributed by atoms with Crippen LogP contribution in [0.5, 0.6) is 0 Å². The Kier molecular flexibility index (Phi) is 5.90. The molecule has 6 nitrogen and oxygen atoms in total. The first-order valence-corrected chi connectivity index (χ1v) is 6.72. The highest BCUT2D eigenvalue weighted by Crippen LogP contribution is 2.13. The van der Waals surface area contributed by atoms with Crippen LogP contribution in [0.1, 0.15) is 35.3 Å². The van der Waals surface area contributed by atoms with E-state index in [-0.39, 0.29) is 0 Å². The number of ether oxygens (including phenoxy) is 1. The molecule has 0 aliphatic rings. The van der Waals surface area contributed by atoms with Crippen LogP contribution in [0.15, 0.2) is 18.2 Å². The molecule has 0 heterocycles. The number of rotatable bonds is 4. The fourth-order valence-corrected chi connectivity index (χ4v) is 1.65. The van der Waals surface area contributed by atoms with Crippen molar-refractivity contribution >= 4 is 17.9 Å². The van der Waals surface area contributed by atoms with E-state index in [9.17, 15) is 14.4 Å². The van der Waals surface area contributed by atoms with Crippen LogP contribution in [0.25, 0.3) is 0 Å².